The van der Waals surface area contributed by atoms with Crippen molar-refractivity contribution in [2.24, 2.45) is 0 Å². The third kappa shape index (κ3) is 4.15. The molecule has 0 aliphatic heterocycles. The van der Waals surface area contributed by atoms with Crippen LogP contribution in [-0.2, 0) is 4.74 Å². The quantitative estimate of drug-likeness (QED) is 0.466. The Balaban J connectivity index is 3.06. The molecule has 0 aromatic rings. The van der Waals surface area contributed by atoms with Gasteiger partial charge >= 0.3 is 0 Å². The van der Waals surface area contributed by atoms with E-state index in [1.807, 2.05) is 6.92 Å². The summed E-state index contributed by atoms with van der Waals surface area (Å²) in [7, 11) is 1.60. The SMILES string of the molecule is CCSC(=N)COC. The maximum Gasteiger partial charge on any atom is 0.0938 e. The van der Waals surface area contributed by atoms with Crippen molar-refractivity contribution in [3.05, 3.63) is 0 Å². The van der Waals surface area contributed by atoms with E-state index in [2.05, 4.69) is 0 Å². The molecule has 3 heteroatoms. The Morgan fingerprint density at radius 3 is 2.75 bits per heavy atom. The summed E-state index contributed by atoms with van der Waals surface area (Å²) in [5.74, 6) is 0.961. The van der Waals surface area contributed by atoms with Crippen LogP contribution in [0.2, 0.25) is 0 Å². The first-order chi connectivity index (χ1) is 3.81. The summed E-state index contributed by atoms with van der Waals surface area (Å²) in [4.78, 5) is 0. The molecule has 0 bridgehead atoms. The van der Waals surface area contributed by atoms with Crippen LogP contribution in [0.3, 0.4) is 0 Å². The zero-order valence-corrected chi connectivity index (χ0v) is 6.05. The highest BCUT2D eigenvalue weighted by Crippen LogP contribution is 1.99. The van der Waals surface area contributed by atoms with E-state index >= 15 is 0 Å². The van der Waals surface area contributed by atoms with E-state index < -0.39 is 0 Å². The number of nitrogens with one attached hydrogen (secondary N) is 1. The zero-order chi connectivity index (χ0) is 6.41. The molecule has 2 nitrogen and oxygen atoms in total. The Kier molecular flexibility index (Phi) is 5.11. The van der Waals surface area contributed by atoms with Gasteiger partial charge in [-0.05, 0) is 5.75 Å². The van der Waals surface area contributed by atoms with Gasteiger partial charge in [0, 0.05) is 7.11 Å². The monoisotopic (exact) mass is 133 g/mol. The molecule has 8 heavy (non-hydrogen) atoms. The standard InChI is InChI=1S/C5H11NOS/c1-3-8-5(6)4-7-2/h6H,3-4H2,1-2H3. The lowest BCUT2D eigenvalue weighted by atomic mass is 10.8. The van der Waals surface area contributed by atoms with Crippen LogP contribution in [0.25, 0.3) is 0 Å². The van der Waals surface area contributed by atoms with Gasteiger partial charge in [0.1, 0.15) is 0 Å². The predicted molar refractivity (Wildman–Crippen MR) is 37.7 cm³/mol. The fraction of sp³-hybridized carbons (Fsp3) is 0.800. The minimum Gasteiger partial charge on any atom is -0.378 e. The molecular formula is C5H11NOS. The van der Waals surface area contributed by atoms with Crippen LogP contribution in [0.1, 0.15) is 6.92 Å². The average molecular weight is 133 g/mol. The summed E-state index contributed by atoms with van der Waals surface area (Å²) in [5, 5.41) is 7.73. The van der Waals surface area contributed by atoms with E-state index in [4.69, 9.17) is 10.1 Å². The molecule has 0 saturated heterocycles. The number of hydrogen-bond acceptors (Lipinski definition) is 3. The van der Waals surface area contributed by atoms with Crippen LogP contribution in [0, 0.1) is 5.41 Å². The molecule has 0 atom stereocenters. The Hall–Kier alpha value is -0.0200. The van der Waals surface area contributed by atoms with E-state index in [1.165, 1.54) is 11.8 Å². The van der Waals surface area contributed by atoms with Crippen LogP contribution in [0.15, 0.2) is 0 Å². The van der Waals surface area contributed by atoms with Crippen molar-refractivity contribution in [3.8, 4) is 0 Å². The Morgan fingerprint density at radius 1 is 1.75 bits per heavy atom. The number of methoxy groups -OCH3 is 1. The molecule has 1 N–H and O–H groups in total. The second-order valence-electron chi connectivity index (χ2n) is 1.29. The molecule has 0 spiro atoms. The van der Waals surface area contributed by atoms with Gasteiger partial charge in [0.05, 0.1) is 11.7 Å². The lowest BCUT2D eigenvalue weighted by molar-refractivity contribution is 0.247. The van der Waals surface area contributed by atoms with Gasteiger partial charge in [0.25, 0.3) is 0 Å². The number of ether oxygens (including phenoxy) is 1. The second kappa shape index (κ2) is 5.12. The second-order valence-corrected chi connectivity index (χ2v) is 2.65. The maximum atomic E-state index is 7.13. The van der Waals surface area contributed by atoms with Crippen molar-refractivity contribution in [2.75, 3.05) is 19.5 Å². The van der Waals surface area contributed by atoms with Crippen LogP contribution in [-0.4, -0.2) is 24.5 Å². The normalized spacial score (nSPS) is 9.25. The van der Waals surface area contributed by atoms with Crippen molar-refractivity contribution in [1.82, 2.24) is 0 Å². The molecule has 0 radical (unpaired) electrons. The van der Waals surface area contributed by atoms with Gasteiger partial charge in [-0.2, -0.15) is 0 Å². The van der Waals surface area contributed by atoms with Gasteiger partial charge in [0.2, 0.25) is 0 Å². The third-order valence-corrected chi connectivity index (χ3v) is 1.35. The molecule has 0 aromatic heterocycles. The van der Waals surface area contributed by atoms with Crippen molar-refractivity contribution in [1.29, 1.82) is 5.41 Å². The van der Waals surface area contributed by atoms with Crippen molar-refractivity contribution < 1.29 is 4.74 Å². The molecule has 0 saturated carbocycles. The molecule has 0 amide bonds. The smallest absolute Gasteiger partial charge is 0.0938 e. The lowest BCUT2D eigenvalue weighted by Gasteiger charge is -1.96. The summed E-state index contributed by atoms with van der Waals surface area (Å²) in [6.45, 7) is 2.48. The summed E-state index contributed by atoms with van der Waals surface area (Å²) < 4.78 is 4.71. The maximum absolute atomic E-state index is 7.13. The van der Waals surface area contributed by atoms with Gasteiger partial charge in [-0.1, -0.05) is 6.92 Å². The highest BCUT2D eigenvalue weighted by molar-refractivity contribution is 8.13. The van der Waals surface area contributed by atoms with Crippen LogP contribution < -0.4 is 0 Å². The summed E-state index contributed by atoms with van der Waals surface area (Å²) in [5.41, 5.74) is 0. The predicted octanol–water partition coefficient (Wildman–Crippen LogP) is 1.36. The largest absolute Gasteiger partial charge is 0.378 e. The van der Waals surface area contributed by atoms with E-state index in [1.54, 1.807) is 7.11 Å². The fourth-order valence-corrected chi connectivity index (χ4v) is 0.897. The van der Waals surface area contributed by atoms with Gasteiger partial charge < -0.3 is 4.74 Å². The van der Waals surface area contributed by atoms with E-state index in [0.717, 1.165) is 5.75 Å². The number of thioether (sulfide) groups is 1. The Morgan fingerprint density at radius 2 is 2.38 bits per heavy atom. The zero-order valence-electron chi connectivity index (χ0n) is 5.23. The molecule has 0 heterocycles. The molecule has 48 valence electrons. The summed E-state index contributed by atoms with van der Waals surface area (Å²) in [6, 6.07) is 0. The van der Waals surface area contributed by atoms with E-state index in [9.17, 15) is 0 Å². The molecule has 0 unspecified atom stereocenters. The van der Waals surface area contributed by atoms with Crippen molar-refractivity contribution in [3.63, 3.8) is 0 Å². The highest BCUT2D eigenvalue weighted by atomic mass is 32.2. The first kappa shape index (κ1) is 7.98. The van der Waals surface area contributed by atoms with E-state index in [0.29, 0.717) is 11.7 Å². The molecule has 0 aliphatic carbocycles. The van der Waals surface area contributed by atoms with E-state index in [-0.39, 0.29) is 0 Å². The fourth-order valence-electron chi connectivity index (χ4n) is 0.347. The highest BCUT2D eigenvalue weighted by Gasteiger charge is 1.90. The molecule has 0 aromatic carbocycles. The van der Waals surface area contributed by atoms with Crippen LogP contribution in [0.4, 0.5) is 0 Å². The average Bonchev–Trinajstić information content (AvgIpc) is 1.68. The lowest BCUT2D eigenvalue weighted by Crippen LogP contribution is -1.99. The Bertz CT molecular complexity index is 66.8. The van der Waals surface area contributed by atoms with Crippen LogP contribution in [0.5, 0.6) is 0 Å². The number of rotatable bonds is 3. The van der Waals surface area contributed by atoms with Crippen molar-refractivity contribution >= 4 is 16.8 Å². The van der Waals surface area contributed by atoms with Gasteiger partial charge in [-0.3, -0.25) is 5.41 Å². The number of hydrogen-bond donors (Lipinski definition) is 1. The molecular weight excluding hydrogens is 122 g/mol. The van der Waals surface area contributed by atoms with Gasteiger partial charge in [-0.25, -0.2) is 0 Å². The minimum absolute atomic E-state index is 0.457. The van der Waals surface area contributed by atoms with Crippen molar-refractivity contribution in [2.45, 2.75) is 6.92 Å². The Labute approximate surface area is 54.1 Å². The van der Waals surface area contributed by atoms with Crippen LogP contribution >= 0.6 is 11.8 Å². The summed E-state index contributed by atoms with van der Waals surface area (Å²) >= 11 is 1.51. The summed E-state index contributed by atoms with van der Waals surface area (Å²) in [6.07, 6.45) is 0. The minimum atomic E-state index is 0.457. The molecule has 0 rings (SSSR count). The first-order valence-electron chi connectivity index (χ1n) is 2.50. The van der Waals surface area contributed by atoms with Gasteiger partial charge in [0.15, 0.2) is 0 Å². The third-order valence-electron chi connectivity index (χ3n) is 0.594. The molecule has 0 aliphatic rings. The first-order valence-corrected chi connectivity index (χ1v) is 3.49. The molecule has 0 fully saturated rings. The topological polar surface area (TPSA) is 33.1 Å². The van der Waals surface area contributed by atoms with Gasteiger partial charge in [-0.15, -0.1) is 11.8 Å².